The fourth-order valence-electron chi connectivity index (χ4n) is 6.42. The van der Waals surface area contributed by atoms with Crippen molar-refractivity contribution in [2.24, 2.45) is 22.2 Å². The fraction of sp³-hybridized carbons (Fsp3) is 0.591. The van der Waals surface area contributed by atoms with Crippen molar-refractivity contribution in [3.8, 4) is 11.5 Å². The second-order valence-electron chi connectivity index (χ2n) is 8.81. The number of allylic oxidation sites excluding steroid dienone is 2. The van der Waals surface area contributed by atoms with Gasteiger partial charge in [-0.05, 0) is 41.4 Å². The molecule has 3 heteroatoms. The number of rotatable bonds is 3. The van der Waals surface area contributed by atoms with E-state index in [9.17, 15) is 4.79 Å². The minimum absolute atomic E-state index is 0.00678. The van der Waals surface area contributed by atoms with Crippen molar-refractivity contribution in [2.45, 2.75) is 46.0 Å². The summed E-state index contributed by atoms with van der Waals surface area (Å²) in [7, 11) is 3.29. The molecule has 1 unspecified atom stereocenters. The van der Waals surface area contributed by atoms with Crippen LogP contribution in [0.3, 0.4) is 0 Å². The molecule has 0 N–H and O–H groups in total. The highest BCUT2D eigenvalue weighted by molar-refractivity contribution is 5.96. The van der Waals surface area contributed by atoms with Gasteiger partial charge in [0.2, 0.25) is 0 Å². The van der Waals surface area contributed by atoms with Crippen LogP contribution in [0.25, 0.3) is 0 Å². The lowest BCUT2D eigenvalue weighted by atomic mass is 9.41. The van der Waals surface area contributed by atoms with E-state index in [0.29, 0.717) is 17.3 Å². The molecule has 0 heterocycles. The summed E-state index contributed by atoms with van der Waals surface area (Å²) >= 11 is 0. The summed E-state index contributed by atoms with van der Waals surface area (Å²) < 4.78 is 10.9. The lowest BCUT2D eigenvalue weighted by Crippen LogP contribution is -2.56. The molecule has 0 aromatic heterocycles. The van der Waals surface area contributed by atoms with Gasteiger partial charge >= 0.3 is 0 Å². The molecule has 0 aliphatic heterocycles. The van der Waals surface area contributed by atoms with Crippen LogP contribution in [-0.2, 0) is 4.79 Å². The number of ether oxygens (including phenoxy) is 2. The molecule has 3 aliphatic rings. The highest BCUT2D eigenvalue weighted by atomic mass is 16.5. The molecule has 4 atom stereocenters. The molecule has 0 radical (unpaired) electrons. The molecule has 0 saturated heterocycles. The number of hydrogen-bond donors (Lipinski definition) is 0. The van der Waals surface area contributed by atoms with Crippen molar-refractivity contribution in [1.29, 1.82) is 0 Å². The van der Waals surface area contributed by atoms with Crippen LogP contribution in [0, 0.1) is 22.2 Å². The molecule has 1 spiro atoms. The Morgan fingerprint density at radius 3 is 2.36 bits per heavy atom. The van der Waals surface area contributed by atoms with Gasteiger partial charge in [0.1, 0.15) is 5.78 Å². The number of ketones is 1. The highest BCUT2D eigenvalue weighted by Crippen LogP contribution is 2.76. The molecule has 3 aliphatic carbocycles. The van der Waals surface area contributed by atoms with Crippen LogP contribution in [0.4, 0.5) is 0 Å². The number of methoxy groups -OCH3 is 2. The van der Waals surface area contributed by atoms with E-state index in [2.05, 4.69) is 39.0 Å². The summed E-state index contributed by atoms with van der Waals surface area (Å²) in [6.45, 7) is 7.05. The fourth-order valence-corrected chi connectivity index (χ4v) is 6.42. The average Bonchev–Trinajstić information content (AvgIpc) is 2.66. The molecule has 1 aromatic rings. The Labute approximate surface area is 150 Å². The maximum Gasteiger partial charge on any atom is 0.161 e. The third kappa shape index (κ3) is 1.79. The maximum absolute atomic E-state index is 13.5. The van der Waals surface area contributed by atoms with Gasteiger partial charge in [0, 0.05) is 17.3 Å². The van der Waals surface area contributed by atoms with Crippen molar-refractivity contribution in [3.63, 3.8) is 0 Å². The van der Waals surface area contributed by atoms with Gasteiger partial charge in [-0.3, -0.25) is 4.79 Å². The summed E-state index contributed by atoms with van der Waals surface area (Å²) in [6, 6.07) is 5.99. The Bertz CT molecular complexity index is 763. The predicted octanol–water partition coefficient (Wildman–Crippen LogP) is 4.76. The first-order valence-corrected chi connectivity index (χ1v) is 9.27. The van der Waals surface area contributed by atoms with Crippen LogP contribution < -0.4 is 9.47 Å². The van der Waals surface area contributed by atoms with Gasteiger partial charge in [0.25, 0.3) is 0 Å². The molecule has 25 heavy (non-hydrogen) atoms. The topological polar surface area (TPSA) is 35.5 Å². The first-order chi connectivity index (χ1) is 11.8. The molecule has 134 valence electrons. The number of Topliss-reactive ketones (excluding diaryl/α,β-unsaturated/α-hetero) is 1. The van der Waals surface area contributed by atoms with E-state index in [4.69, 9.17) is 9.47 Å². The molecule has 1 aromatic carbocycles. The molecule has 0 bridgehead atoms. The maximum atomic E-state index is 13.5. The van der Waals surface area contributed by atoms with Gasteiger partial charge in [0.05, 0.1) is 14.2 Å². The third-order valence-electron chi connectivity index (χ3n) is 7.57. The van der Waals surface area contributed by atoms with Gasteiger partial charge in [-0.1, -0.05) is 45.4 Å². The van der Waals surface area contributed by atoms with Crippen molar-refractivity contribution < 1.29 is 14.3 Å². The number of hydrogen-bond acceptors (Lipinski definition) is 3. The minimum atomic E-state index is -0.0770. The lowest BCUT2D eigenvalue weighted by Gasteiger charge is -2.62. The number of carbonyl (C=O) groups is 1. The van der Waals surface area contributed by atoms with E-state index in [1.807, 2.05) is 12.1 Å². The molecular weight excluding hydrogens is 312 g/mol. The quantitative estimate of drug-likeness (QED) is 0.744. The third-order valence-corrected chi connectivity index (χ3v) is 7.57. The molecule has 2 fully saturated rings. The Morgan fingerprint density at radius 2 is 1.76 bits per heavy atom. The van der Waals surface area contributed by atoms with Gasteiger partial charge in [0.15, 0.2) is 11.5 Å². The van der Waals surface area contributed by atoms with Crippen molar-refractivity contribution in [2.75, 3.05) is 14.2 Å². The number of carbonyl (C=O) groups excluding carboxylic acids is 1. The van der Waals surface area contributed by atoms with E-state index in [-0.39, 0.29) is 28.1 Å². The summed E-state index contributed by atoms with van der Waals surface area (Å²) in [5.41, 5.74) is 1.18. The first kappa shape index (κ1) is 16.7. The number of benzene rings is 1. The van der Waals surface area contributed by atoms with Crippen LogP contribution >= 0.6 is 0 Å². The first-order valence-electron chi connectivity index (χ1n) is 9.27. The standard InChI is InChI=1S/C22H28O3/c1-20(2)10-6-11-21(3)18(19(23)15-9-12-22(15,20)21)14-7-8-16(24-4)17(13-14)25-5/h7-9,12-13,15,18H,6,10-11H2,1-5H3/t15-,18?,21-,22-/m0/s1. The van der Waals surface area contributed by atoms with Crippen LogP contribution in [0.5, 0.6) is 11.5 Å². The van der Waals surface area contributed by atoms with Crippen LogP contribution in [0.2, 0.25) is 0 Å². The van der Waals surface area contributed by atoms with Crippen LogP contribution in [0.15, 0.2) is 30.4 Å². The second kappa shape index (κ2) is 5.12. The van der Waals surface area contributed by atoms with Crippen molar-refractivity contribution >= 4 is 5.78 Å². The van der Waals surface area contributed by atoms with E-state index in [1.165, 1.54) is 12.8 Å². The Kier molecular flexibility index (Phi) is 3.42. The van der Waals surface area contributed by atoms with Gasteiger partial charge in [-0.15, -0.1) is 0 Å². The molecule has 4 rings (SSSR count). The minimum Gasteiger partial charge on any atom is -0.493 e. The van der Waals surface area contributed by atoms with Gasteiger partial charge in [-0.25, -0.2) is 0 Å². The zero-order chi connectivity index (χ0) is 18.0. The van der Waals surface area contributed by atoms with Crippen LogP contribution in [-0.4, -0.2) is 20.0 Å². The summed E-state index contributed by atoms with van der Waals surface area (Å²) in [4.78, 5) is 13.5. The van der Waals surface area contributed by atoms with E-state index in [0.717, 1.165) is 12.0 Å². The van der Waals surface area contributed by atoms with Crippen molar-refractivity contribution in [3.05, 3.63) is 35.9 Å². The summed E-state index contributed by atoms with van der Waals surface area (Å²) in [5, 5.41) is 0. The summed E-state index contributed by atoms with van der Waals surface area (Å²) in [5.74, 6) is 1.78. The summed E-state index contributed by atoms with van der Waals surface area (Å²) in [6.07, 6.45) is 7.98. The highest BCUT2D eigenvalue weighted by Gasteiger charge is 2.73. The van der Waals surface area contributed by atoms with Gasteiger partial charge < -0.3 is 9.47 Å². The zero-order valence-corrected chi connectivity index (χ0v) is 15.9. The largest absolute Gasteiger partial charge is 0.493 e. The molecule has 3 nitrogen and oxygen atoms in total. The van der Waals surface area contributed by atoms with E-state index >= 15 is 0 Å². The monoisotopic (exact) mass is 340 g/mol. The molecule has 2 saturated carbocycles. The Balaban J connectivity index is 1.86. The Morgan fingerprint density at radius 1 is 1.04 bits per heavy atom. The van der Waals surface area contributed by atoms with Gasteiger partial charge in [-0.2, -0.15) is 0 Å². The predicted molar refractivity (Wildman–Crippen MR) is 98.1 cm³/mol. The SMILES string of the molecule is COc1ccc(C2C(=O)[C@@H]3C=C[C@@]34C(C)(C)CCC[C@@]24C)cc1OC. The normalized spacial score (nSPS) is 37.9. The zero-order valence-electron chi connectivity index (χ0n) is 15.9. The lowest BCUT2D eigenvalue weighted by molar-refractivity contribution is -0.123. The van der Waals surface area contributed by atoms with Crippen molar-refractivity contribution in [1.82, 2.24) is 0 Å². The second-order valence-corrected chi connectivity index (χ2v) is 8.81. The van der Waals surface area contributed by atoms with E-state index < -0.39 is 0 Å². The van der Waals surface area contributed by atoms with E-state index in [1.54, 1.807) is 14.2 Å². The smallest absolute Gasteiger partial charge is 0.161 e. The molecule has 0 amide bonds. The average molecular weight is 340 g/mol. The van der Waals surface area contributed by atoms with Crippen LogP contribution in [0.1, 0.15) is 51.5 Å². The Hall–Kier alpha value is -1.77. The molecular formula is C22H28O3.